The van der Waals surface area contributed by atoms with Crippen LogP contribution in [0.2, 0.25) is 0 Å². The molecule has 13 nitrogen and oxygen atoms in total. The molecule has 0 radical (unpaired) electrons. The van der Waals surface area contributed by atoms with Gasteiger partial charge < -0.3 is 35.4 Å². The number of rotatable bonds is 44. The number of hydrogen-bond donors (Lipinski definition) is 5. The number of hydrogen-bond acceptors (Lipinski definition) is 11. The highest BCUT2D eigenvalue weighted by atomic mass is 31.2. The fraction of sp³-hybridized carbons (Fsp3) is 0.771. The zero-order valence-electron chi connectivity index (χ0n) is 38.4. The van der Waals surface area contributed by atoms with Crippen LogP contribution < -0.4 is 5.73 Å². The van der Waals surface area contributed by atoms with E-state index in [1.54, 1.807) is 6.08 Å². The summed E-state index contributed by atoms with van der Waals surface area (Å²) in [6, 6.07) is -1.56. The molecule has 0 saturated heterocycles. The van der Waals surface area contributed by atoms with Crippen LogP contribution in [0.15, 0.2) is 48.6 Å². The van der Waals surface area contributed by atoms with Crippen LogP contribution in [0.3, 0.4) is 0 Å². The molecule has 0 aliphatic carbocycles. The number of carbonyl (C=O) groups is 3. The molecule has 360 valence electrons. The first-order valence-corrected chi connectivity index (χ1v) is 25.3. The van der Waals surface area contributed by atoms with Crippen molar-refractivity contribution in [3.05, 3.63) is 48.6 Å². The normalized spacial score (nSPS) is 15.1. The van der Waals surface area contributed by atoms with E-state index in [1.165, 1.54) is 96.3 Å². The molecule has 0 bridgehead atoms. The third-order valence-corrected chi connectivity index (χ3v) is 11.2. The third-order valence-electron chi connectivity index (χ3n) is 10.3. The maximum atomic E-state index is 12.7. The number of carboxylic acid groups (broad SMARTS) is 1. The van der Waals surface area contributed by atoms with E-state index in [-0.39, 0.29) is 32.1 Å². The summed E-state index contributed by atoms with van der Waals surface area (Å²) in [5, 5.41) is 29.6. The first-order chi connectivity index (χ1) is 29.9. The zero-order chi connectivity index (χ0) is 45.9. The summed E-state index contributed by atoms with van der Waals surface area (Å²) in [6.07, 6.45) is 40.6. The number of aliphatic hydroxyl groups is 2. The summed E-state index contributed by atoms with van der Waals surface area (Å²) < 4.78 is 32.6. The van der Waals surface area contributed by atoms with Gasteiger partial charge in [-0.1, -0.05) is 178 Å². The van der Waals surface area contributed by atoms with Crippen molar-refractivity contribution in [1.29, 1.82) is 0 Å². The van der Waals surface area contributed by atoms with Gasteiger partial charge in [0.15, 0.2) is 6.10 Å². The monoisotopic (exact) mass is 900 g/mol. The van der Waals surface area contributed by atoms with Gasteiger partial charge in [-0.25, -0.2) is 4.57 Å². The minimum atomic E-state index is -4.79. The Morgan fingerprint density at radius 2 is 1.00 bits per heavy atom. The van der Waals surface area contributed by atoms with E-state index in [2.05, 4.69) is 48.8 Å². The lowest BCUT2D eigenvalue weighted by molar-refractivity contribution is -0.161. The average Bonchev–Trinajstić information content (AvgIpc) is 3.24. The number of phosphoric ester groups is 1. The standard InChI is InChI=1S/C48H86NO12P/c1-3-5-7-9-11-13-15-17-18-19-20-21-22-23-25-27-29-31-33-37-47(53)61-42(40-59-62(56,57)60-41-43(49)48(54)55)39-58-46(52)38-34-36-45(51)44(50)35-32-30-28-26-24-16-14-12-10-8-6-4-2/h6,8,12,14,24,26,30,32,42-45,50-51H,3-5,7,9-11,13,15-23,25,27-29,31,33-41,49H2,1-2H3,(H,54,55)(H,56,57)/b8-6-,14-12-,26-24-,32-30-/t42-,43+,44+,45+/m1/s1. The molecule has 0 aromatic heterocycles. The van der Waals surface area contributed by atoms with Crippen LogP contribution in [-0.2, 0) is 37.5 Å². The van der Waals surface area contributed by atoms with Crippen molar-refractivity contribution in [1.82, 2.24) is 0 Å². The number of allylic oxidation sites excluding steroid dienone is 7. The van der Waals surface area contributed by atoms with Gasteiger partial charge in [-0.15, -0.1) is 0 Å². The van der Waals surface area contributed by atoms with E-state index in [0.29, 0.717) is 12.8 Å². The van der Waals surface area contributed by atoms with Crippen LogP contribution in [0.5, 0.6) is 0 Å². The molecule has 0 rings (SSSR count). The smallest absolute Gasteiger partial charge is 0.472 e. The Bertz CT molecular complexity index is 1270. The van der Waals surface area contributed by atoms with Crippen LogP contribution in [-0.4, -0.2) is 82.3 Å². The largest absolute Gasteiger partial charge is 0.480 e. The topological polar surface area (TPSA) is 212 Å². The summed E-state index contributed by atoms with van der Waals surface area (Å²) in [5.74, 6) is -2.69. The quantitative estimate of drug-likeness (QED) is 0.0167. The molecule has 0 amide bonds. The Balaban J connectivity index is 4.50. The highest BCUT2D eigenvalue weighted by Gasteiger charge is 2.28. The Hall–Kier alpha value is -2.64. The lowest BCUT2D eigenvalue weighted by Crippen LogP contribution is -2.34. The lowest BCUT2D eigenvalue weighted by atomic mass is 10.0. The van der Waals surface area contributed by atoms with Crippen LogP contribution in [0.4, 0.5) is 0 Å². The fourth-order valence-electron chi connectivity index (χ4n) is 6.45. The second-order valence-electron chi connectivity index (χ2n) is 16.2. The van der Waals surface area contributed by atoms with Crippen LogP contribution in [0.25, 0.3) is 0 Å². The van der Waals surface area contributed by atoms with Crippen molar-refractivity contribution in [3.8, 4) is 0 Å². The molecule has 1 unspecified atom stereocenters. The van der Waals surface area contributed by atoms with Gasteiger partial charge >= 0.3 is 25.7 Å². The summed E-state index contributed by atoms with van der Waals surface area (Å²) in [6.45, 7) is 2.41. The number of aliphatic carboxylic acids is 1. The molecular weight excluding hydrogens is 813 g/mol. The number of carbonyl (C=O) groups excluding carboxylic acids is 2. The average molecular weight is 900 g/mol. The number of aliphatic hydroxyl groups excluding tert-OH is 2. The number of phosphoric acid groups is 1. The van der Waals surface area contributed by atoms with Crippen molar-refractivity contribution in [2.24, 2.45) is 5.73 Å². The molecule has 0 aliphatic rings. The van der Waals surface area contributed by atoms with Gasteiger partial charge in [0.1, 0.15) is 12.6 Å². The molecule has 6 N–H and O–H groups in total. The molecule has 0 aliphatic heterocycles. The first kappa shape index (κ1) is 59.4. The van der Waals surface area contributed by atoms with E-state index in [4.69, 9.17) is 24.8 Å². The van der Waals surface area contributed by atoms with Gasteiger partial charge in [-0.3, -0.25) is 23.4 Å². The molecule has 5 atom stereocenters. The lowest BCUT2D eigenvalue weighted by Gasteiger charge is -2.20. The number of nitrogens with two attached hydrogens (primary N) is 1. The van der Waals surface area contributed by atoms with Gasteiger partial charge in [0, 0.05) is 12.8 Å². The summed E-state index contributed by atoms with van der Waals surface area (Å²) in [5.41, 5.74) is 5.33. The first-order valence-electron chi connectivity index (χ1n) is 23.8. The minimum Gasteiger partial charge on any atom is -0.480 e. The Labute approximate surface area is 374 Å². The van der Waals surface area contributed by atoms with Gasteiger partial charge in [-0.05, 0) is 51.4 Å². The number of carboxylic acids is 1. The predicted molar refractivity (Wildman–Crippen MR) is 247 cm³/mol. The Kier molecular flexibility index (Phi) is 40.5. The third kappa shape index (κ3) is 40.2. The molecule has 0 aromatic carbocycles. The second-order valence-corrected chi connectivity index (χ2v) is 17.6. The highest BCUT2D eigenvalue weighted by Crippen LogP contribution is 2.43. The van der Waals surface area contributed by atoms with Gasteiger partial charge in [0.05, 0.1) is 25.4 Å². The van der Waals surface area contributed by atoms with Crippen molar-refractivity contribution < 1.29 is 57.7 Å². The molecule has 62 heavy (non-hydrogen) atoms. The Morgan fingerprint density at radius 3 is 1.48 bits per heavy atom. The van der Waals surface area contributed by atoms with Gasteiger partial charge in [-0.2, -0.15) is 0 Å². The van der Waals surface area contributed by atoms with E-state index in [9.17, 15) is 34.1 Å². The van der Waals surface area contributed by atoms with Crippen molar-refractivity contribution in [2.45, 2.75) is 218 Å². The van der Waals surface area contributed by atoms with Crippen LogP contribution >= 0.6 is 7.82 Å². The number of ether oxygens (including phenoxy) is 2. The maximum Gasteiger partial charge on any atom is 0.472 e. The molecule has 14 heteroatoms. The summed E-state index contributed by atoms with van der Waals surface area (Å²) in [4.78, 5) is 46.1. The molecular formula is C48H86NO12P. The van der Waals surface area contributed by atoms with Crippen LogP contribution in [0, 0.1) is 0 Å². The SMILES string of the molecule is CC/C=C\C/C=C\C/C=C\C/C=C\C[C@H](O)[C@@H](O)CCCC(=O)OC[C@H](COP(=O)(O)OC[C@H](N)C(=O)O)OC(=O)CCCCCCCCCCCCCCCCCCCCC. The van der Waals surface area contributed by atoms with Gasteiger partial charge in [0.25, 0.3) is 0 Å². The molecule has 0 fully saturated rings. The molecule has 0 heterocycles. The van der Waals surface area contributed by atoms with Crippen molar-refractivity contribution in [3.63, 3.8) is 0 Å². The van der Waals surface area contributed by atoms with Crippen molar-refractivity contribution in [2.75, 3.05) is 19.8 Å². The van der Waals surface area contributed by atoms with E-state index < -0.39 is 69.9 Å². The van der Waals surface area contributed by atoms with Crippen molar-refractivity contribution >= 4 is 25.7 Å². The molecule has 0 saturated carbocycles. The summed E-state index contributed by atoms with van der Waals surface area (Å²) >= 11 is 0. The summed E-state index contributed by atoms with van der Waals surface area (Å²) in [7, 11) is -4.79. The number of unbranched alkanes of at least 4 members (excludes halogenated alkanes) is 18. The van der Waals surface area contributed by atoms with E-state index in [0.717, 1.165) is 38.5 Å². The van der Waals surface area contributed by atoms with Gasteiger partial charge in [0.2, 0.25) is 0 Å². The minimum absolute atomic E-state index is 0.0939. The maximum absolute atomic E-state index is 12.7. The molecule has 0 aromatic rings. The van der Waals surface area contributed by atoms with E-state index >= 15 is 0 Å². The van der Waals surface area contributed by atoms with E-state index in [1.807, 2.05) is 12.2 Å². The fourth-order valence-corrected chi connectivity index (χ4v) is 7.23. The second kappa shape index (κ2) is 42.3. The Morgan fingerprint density at radius 1 is 0.565 bits per heavy atom. The zero-order valence-corrected chi connectivity index (χ0v) is 39.3. The molecule has 0 spiro atoms. The van der Waals surface area contributed by atoms with Crippen LogP contribution in [0.1, 0.15) is 194 Å². The predicted octanol–water partition coefficient (Wildman–Crippen LogP) is 10.9. The highest BCUT2D eigenvalue weighted by molar-refractivity contribution is 7.47. The number of esters is 2.